The number of carbonyl (C=O) groups excluding carboxylic acids is 1. The lowest BCUT2D eigenvalue weighted by Gasteiger charge is -2.11. The van der Waals surface area contributed by atoms with E-state index < -0.39 is 5.97 Å². The van der Waals surface area contributed by atoms with Gasteiger partial charge in [0.15, 0.2) is 17.3 Å². The average Bonchev–Trinajstić information content (AvgIpc) is 2.63. The second-order valence-electron chi connectivity index (χ2n) is 5.40. The van der Waals surface area contributed by atoms with Gasteiger partial charge in [-0.3, -0.25) is 0 Å². The number of nitrogens with two attached hydrogens (primary N) is 2. The molecule has 0 heterocycles. The summed E-state index contributed by atoms with van der Waals surface area (Å²) in [7, 11) is 0. The average molecular weight is 357 g/mol. The Hall–Kier alpha value is -3.22. The Labute approximate surface area is 152 Å². The maximum absolute atomic E-state index is 12.3. The smallest absolute Gasteiger partial charge is 0.365 e. The normalized spacial score (nSPS) is 11.1. The first kappa shape index (κ1) is 19.1. The van der Waals surface area contributed by atoms with Crippen LogP contribution in [0.2, 0.25) is 0 Å². The Bertz CT molecular complexity index is 818. The Morgan fingerprint density at radius 1 is 1.08 bits per heavy atom. The molecule has 2 aromatic rings. The predicted octanol–water partition coefficient (Wildman–Crippen LogP) is 2.85. The Balaban J connectivity index is 2.19. The van der Waals surface area contributed by atoms with Gasteiger partial charge in [0.05, 0.1) is 18.8 Å². The van der Waals surface area contributed by atoms with E-state index in [-0.39, 0.29) is 11.4 Å². The van der Waals surface area contributed by atoms with Gasteiger partial charge in [0.2, 0.25) is 0 Å². The number of rotatable bonds is 7. The second kappa shape index (κ2) is 8.75. The maximum atomic E-state index is 12.3. The molecular formula is C19H23N3O4. The zero-order valence-electron chi connectivity index (χ0n) is 15.1. The van der Waals surface area contributed by atoms with Crippen LogP contribution in [-0.4, -0.2) is 25.0 Å². The lowest BCUT2D eigenvalue weighted by atomic mass is 10.1. The van der Waals surface area contributed by atoms with Crippen LogP contribution in [0.3, 0.4) is 0 Å². The Morgan fingerprint density at radius 2 is 1.77 bits per heavy atom. The van der Waals surface area contributed by atoms with Crippen LogP contribution < -0.4 is 20.9 Å². The highest BCUT2D eigenvalue weighted by Crippen LogP contribution is 2.28. The molecule has 2 aromatic carbocycles. The third-order valence-corrected chi connectivity index (χ3v) is 3.66. The second-order valence-corrected chi connectivity index (χ2v) is 5.40. The van der Waals surface area contributed by atoms with E-state index in [4.69, 9.17) is 25.8 Å². The van der Waals surface area contributed by atoms with Crippen LogP contribution in [-0.2, 0) is 4.84 Å². The molecule has 0 radical (unpaired) electrons. The van der Waals surface area contributed by atoms with Gasteiger partial charge in [-0.15, -0.1) is 0 Å². The SMILES string of the molecule is CCOc1ccc(C(=O)O/N=C(\N)c2cccc(N)c2C)cc1OCC. The summed E-state index contributed by atoms with van der Waals surface area (Å²) in [5, 5.41) is 3.72. The zero-order valence-corrected chi connectivity index (χ0v) is 15.1. The topological polar surface area (TPSA) is 109 Å². The summed E-state index contributed by atoms with van der Waals surface area (Å²) in [6, 6.07) is 10.0. The first-order valence-electron chi connectivity index (χ1n) is 8.27. The van der Waals surface area contributed by atoms with Crippen molar-refractivity contribution in [3.63, 3.8) is 0 Å². The van der Waals surface area contributed by atoms with Crippen molar-refractivity contribution in [3.8, 4) is 11.5 Å². The molecule has 0 saturated carbocycles. The minimum atomic E-state index is -0.654. The fourth-order valence-electron chi connectivity index (χ4n) is 2.30. The number of amidine groups is 1. The highest BCUT2D eigenvalue weighted by atomic mass is 16.7. The van der Waals surface area contributed by atoms with Crippen LogP contribution in [0.25, 0.3) is 0 Å². The first-order valence-corrected chi connectivity index (χ1v) is 8.27. The largest absolute Gasteiger partial charge is 0.490 e. The zero-order chi connectivity index (χ0) is 19.1. The Morgan fingerprint density at radius 3 is 2.46 bits per heavy atom. The van der Waals surface area contributed by atoms with Crippen molar-refractivity contribution in [2.24, 2.45) is 10.9 Å². The number of nitrogens with zero attached hydrogens (tertiary/aromatic N) is 1. The number of oxime groups is 1. The van der Waals surface area contributed by atoms with Crippen LogP contribution in [0.1, 0.15) is 35.3 Å². The molecule has 0 atom stereocenters. The van der Waals surface area contributed by atoms with E-state index in [2.05, 4.69) is 5.16 Å². The highest BCUT2D eigenvalue weighted by molar-refractivity contribution is 6.00. The van der Waals surface area contributed by atoms with E-state index in [1.165, 1.54) is 0 Å². The van der Waals surface area contributed by atoms with Crippen LogP contribution in [0, 0.1) is 6.92 Å². The van der Waals surface area contributed by atoms with Gasteiger partial charge < -0.3 is 25.8 Å². The molecule has 0 amide bonds. The molecule has 2 rings (SSSR count). The third-order valence-electron chi connectivity index (χ3n) is 3.66. The number of hydrogen-bond acceptors (Lipinski definition) is 6. The molecule has 0 spiro atoms. The summed E-state index contributed by atoms with van der Waals surface area (Å²) in [5.41, 5.74) is 14.0. The van der Waals surface area contributed by atoms with E-state index in [1.807, 2.05) is 20.8 Å². The summed E-state index contributed by atoms with van der Waals surface area (Å²) in [6.45, 7) is 6.46. The predicted molar refractivity (Wildman–Crippen MR) is 101 cm³/mol. The maximum Gasteiger partial charge on any atom is 0.365 e. The van der Waals surface area contributed by atoms with E-state index in [1.54, 1.807) is 36.4 Å². The summed E-state index contributed by atoms with van der Waals surface area (Å²) < 4.78 is 11.0. The van der Waals surface area contributed by atoms with Crippen molar-refractivity contribution < 1.29 is 19.1 Å². The molecule has 0 aliphatic carbocycles. The fraction of sp³-hybridized carbons (Fsp3) is 0.263. The van der Waals surface area contributed by atoms with Crippen molar-refractivity contribution in [3.05, 3.63) is 53.1 Å². The molecule has 0 saturated heterocycles. The molecule has 0 fully saturated rings. The summed E-state index contributed by atoms with van der Waals surface area (Å²) in [5.74, 6) is 0.439. The number of carbonyl (C=O) groups is 1. The first-order chi connectivity index (χ1) is 12.5. The quantitative estimate of drug-likeness (QED) is 0.259. The molecule has 0 unspecified atom stereocenters. The van der Waals surface area contributed by atoms with E-state index in [9.17, 15) is 4.79 Å². The van der Waals surface area contributed by atoms with Gasteiger partial charge in [0, 0.05) is 11.3 Å². The van der Waals surface area contributed by atoms with Gasteiger partial charge in [-0.2, -0.15) is 0 Å². The number of benzene rings is 2. The van der Waals surface area contributed by atoms with E-state index >= 15 is 0 Å². The Kier molecular flexibility index (Phi) is 6.43. The minimum Gasteiger partial charge on any atom is -0.490 e. The molecule has 138 valence electrons. The number of hydrogen-bond donors (Lipinski definition) is 2. The summed E-state index contributed by atoms with van der Waals surface area (Å²) in [6.07, 6.45) is 0. The lowest BCUT2D eigenvalue weighted by Crippen LogP contribution is -2.17. The minimum absolute atomic E-state index is 0.0686. The third kappa shape index (κ3) is 4.44. The summed E-state index contributed by atoms with van der Waals surface area (Å²) in [4.78, 5) is 17.2. The summed E-state index contributed by atoms with van der Waals surface area (Å²) >= 11 is 0. The molecular weight excluding hydrogens is 334 g/mol. The van der Waals surface area contributed by atoms with Crippen molar-refractivity contribution in [1.29, 1.82) is 0 Å². The van der Waals surface area contributed by atoms with Crippen molar-refractivity contribution in [2.45, 2.75) is 20.8 Å². The standard InChI is InChI=1S/C19H23N3O4/c1-4-24-16-10-9-13(11-17(16)25-5-2)19(23)26-22-18(21)14-7-6-8-15(20)12(14)3/h6-11H,4-5,20H2,1-3H3,(H2,21,22). The monoisotopic (exact) mass is 357 g/mol. The lowest BCUT2D eigenvalue weighted by molar-refractivity contribution is 0.0515. The fourth-order valence-corrected chi connectivity index (χ4v) is 2.30. The molecule has 26 heavy (non-hydrogen) atoms. The van der Waals surface area contributed by atoms with Gasteiger partial charge in [-0.05, 0) is 50.6 Å². The molecule has 4 N–H and O–H groups in total. The number of anilines is 1. The van der Waals surface area contributed by atoms with Crippen molar-refractivity contribution in [2.75, 3.05) is 18.9 Å². The van der Waals surface area contributed by atoms with Crippen molar-refractivity contribution >= 4 is 17.5 Å². The van der Waals surface area contributed by atoms with Crippen LogP contribution >= 0.6 is 0 Å². The van der Waals surface area contributed by atoms with Gasteiger partial charge in [0.25, 0.3) is 0 Å². The molecule has 0 aliphatic heterocycles. The molecule has 0 aliphatic rings. The van der Waals surface area contributed by atoms with Crippen LogP contribution in [0.15, 0.2) is 41.6 Å². The molecule has 7 nitrogen and oxygen atoms in total. The number of ether oxygens (including phenoxy) is 2. The molecule has 0 aromatic heterocycles. The van der Waals surface area contributed by atoms with Crippen LogP contribution in [0.5, 0.6) is 11.5 Å². The molecule has 0 bridgehead atoms. The van der Waals surface area contributed by atoms with Crippen molar-refractivity contribution in [1.82, 2.24) is 0 Å². The van der Waals surface area contributed by atoms with E-state index in [0.717, 1.165) is 5.56 Å². The van der Waals surface area contributed by atoms with Crippen LogP contribution in [0.4, 0.5) is 5.69 Å². The van der Waals surface area contributed by atoms with E-state index in [0.29, 0.717) is 36.0 Å². The van der Waals surface area contributed by atoms with Gasteiger partial charge in [-0.1, -0.05) is 17.3 Å². The van der Waals surface area contributed by atoms with Gasteiger partial charge in [-0.25, -0.2) is 4.79 Å². The van der Waals surface area contributed by atoms with Gasteiger partial charge >= 0.3 is 5.97 Å². The number of nitrogen functional groups attached to an aromatic ring is 1. The highest BCUT2D eigenvalue weighted by Gasteiger charge is 2.14. The molecule has 7 heteroatoms. The van der Waals surface area contributed by atoms with Gasteiger partial charge in [0.1, 0.15) is 0 Å².